The fraction of sp³-hybridized carbons (Fsp3) is 0.417. The number of carbonyl (C=O) groups excluding carboxylic acids is 2. The van der Waals surface area contributed by atoms with Gasteiger partial charge in [0.2, 0.25) is 0 Å². The number of anilines is 1. The van der Waals surface area contributed by atoms with E-state index in [-0.39, 0.29) is 11.8 Å². The van der Waals surface area contributed by atoms with Gasteiger partial charge in [0.15, 0.2) is 0 Å². The fourth-order valence-corrected chi connectivity index (χ4v) is 3.96. The molecule has 0 aromatic heterocycles. The van der Waals surface area contributed by atoms with Crippen molar-refractivity contribution >= 4 is 17.5 Å². The molecule has 160 valence electrons. The lowest BCUT2D eigenvalue weighted by atomic mass is 10.0. The molecular weight excluding hydrogens is 378 g/mol. The predicted octanol–water partition coefficient (Wildman–Crippen LogP) is 2.52. The van der Waals surface area contributed by atoms with Gasteiger partial charge in [-0.1, -0.05) is 12.1 Å². The zero-order valence-corrected chi connectivity index (χ0v) is 17.9. The second-order valence-corrected chi connectivity index (χ2v) is 7.89. The number of carbonyl (C=O) groups is 2. The van der Waals surface area contributed by atoms with Crippen LogP contribution in [0.3, 0.4) is 0 Å². The van der Waals surface area contributed by atoms with E-state index >= 15 is 0 Å². The van der Waals surface area contributed by atoms with E-state index < -0.39 is 0 Å². The molecule has 1 heterocycles. The van der Waals surface area contributed by atoms with E-state index in [1.165, 1.54) is 25.8 Å². The number of ether oxygens (including phenoxy) is 1. The Morgan fingerprint density at radius 2 is 1.83 bits per heavy atom. The maximum atomic E-state index is 12.7. The minimum Gasteiger partial charge on any atom is -0.497 e. The Hall–Kier alpha value is -2.86. The van der Waals surface area contributed by atoms with Gasteiger partial charge >= 0.3 is 0 Å². The SMILES string of the molecule is COc1ccc(C(=O)Nc2ccccc2C(=O)NCCC[NH+]2CCCC[C@@H]2C)cc1. The molecule has 0 bridgehead atoms. The molecule has 30 heavy (non-hydrogen) atoms. The van der Waals surface area contributed by atoms with Crippen molar-refractivity contribution in [3.63, 3.8) is 0 Å². The number of hydrogen-bond donors (Lipinski definition) is 3. The molecule has 1 aliphatic rings. The van der Waals surface area contributed by atoms with Crippen LogP contribution in [-0.2, 0) is 0 Å². The number of benzene rings is 2. The number of hydrogen-bond acceptors (Lipinski definition) is 3. The summed E-state index contributed by atoms with van der Waals surface area (Å²) in [4.78, 5) is 26.9. The molecule has 2 aromatic rings. The first-order valence-corrected chi connectivity index (χ1v) is 10.8. The molecule has 0 aliphatic carbocycles. The summed E-state index contributed by atoms with van der Waals surface area (Å²) < 4.78 is 5.12. The van der Waals surface area contributed by atoms with Crippen LogP contribution in [0.4, 0.5) is 5.69 Å². The van der Waals surface area contributed by atoms with E-state index in [9.17, 15) is 9.59 Å². The number of quaternary nitrogens is 1. The second kappa shape index (κ2) is 10.8. The van der Waals surface area contributed by atoms with Crippen LogP contribution in [0.5, 0.6) is 5.75 Å². The van der Waals surface area contributed by atoms with E-state index in [1.807, 2.05) is 6.07 Å². The molecule has 0 spiro atoms. The Bertz CT molecular complexity index is 851. The minimum atomic E-state index is -0.263. The van der Waals surface area contributed by atoms with Crippen molar-refractivity contribution in [2.45, 2.75) is 38.6 Å². The van der Waals surface area contributed by atoms with E-state index in [1.54, 1.807) is 54.5 Å². The molecular formula is C24H32N3O3+. The average molecular weight is 411 g/mol. The van der Waals surface area contributed by atoms with Crippen molar-refractivity contribution in [1.82, 2.24) is 5.32 Å². The van der Waals surface area contributed by atoms with E-state index in [4.69, 9.17) is 4.74 Å². The monoisotopic (exact) mass is 410 g/mol. The first kappa shape index (κ1) is 21.8. The zero-order chi connectivity index (χ0) is 21.3. The molecule has 0 saturated carbocycles. The molecule has 2 amide bonds. The Labute approximate surface area is 178 Å². The molecule has 2 atom stereocenters. The maximum absolute atomic E-state index is 12.7. The minimum absolute atomic E-state index is 0.165. The third kappa shape index (κ3) is 5.83. The summed E-state index contributed by atoms with van der Waals surface area (Å²) in [5.41, 5.74) is 1.48. The molecule has 1 aliphatic heterocycles. The van der Waals surface area contributed by atoms with Crippen molar-refractivity contribution in [3.8, 4) is 5.75 Å². The number of para-hydroxylation sites is 1. The molecule has 3 rings (SSSR count). The van der Waals surface area contributed by atoms with Crippen LogP contribution >= 0.6 is 0 Å². The predicted molar refractivity (Wildman–Crippen MR) is 118 cm³/mol. The second-order valence-electron chi connectivity index (χ2n) is 7.89. The van der Waals surface area contributed by atoms with Crippen molar-refractivity contribution < 1.29 is 19.2 Å². The van der Waals surface area contributed by atoms with Gasteiger partial charge in [-0.2, -0.15) is 0 Å². The molecule has 0 radical (unpaired) electrons. The van der Waals surface area contributed by atoms with Gasteiger partial charge in [-0.05, 0) is 62.6 Å². The maximum Gasteiger partial charge on any atom is 0.255 e. The normalized spacial score (nSPS) is 18.5. The van der Waals surface area contributed by atoms with Gasteiger partial charge in [-0.3, -0.25) is 9.59 Å². The summed E-state index contributed by atoms with van der Waals surface area (Å²) in [6, 6.07) is 14.7. The molecule has 1 fully saturated rings. The summed E-state index contributed by atoms with van der Waals surface area (Å²) in [6.45, 7) is 5.26. The van der Waals surface area contributed by atoms with Gasteiger partial charge in [0.05, 0.1) is 37.5 Å². The summed E-state index contributed by atoms with van der Waals surface area (Å²) >= 11 is 0. The number of piperidine rings is 1. The Morgan fingerprint density at radius 3 is 2.57 bits per heavy atom. The number of rotatable bonds is 8. The summed E-state index contributed by atoms with van der Waals surface area (Å²) in [5, 5.41) is 5.85. The standard InChI is InChI=1S/C24H31N3O3/c1-18-8-5-6-16-27(18)17-7-15-25-24(29)21-9-3-4-10-22(21)26-23(28)19-11-13-20(30-2)14-12-19/h3-4,9-14,18H,5-8,15-17H2,1-2H3,(H,25,29)(H,26,28)/p+1/t18-/m0/s1. The van der Waals surface area contributed by atoms with E-state index in [2.05, 4.69) is 17.6 Å². The largest absolute Gasteiger partial charge is 0.497 e. The topological polar surface area (TPSA) is 71.9 Å². The van der Waals surface area contributed by atoms with Crippen LogP contribution in [-0.4, -0.2) is 44.6 Å². The van der Waals surface area contributed by atoms with E-state index in [0.29, 0.717) is 35.2 Å². The van der Waals surface area contributed by atoms with Crippen molar-refractivity contribution in [2.75, 3.05) is 32.1 Å². The lowest BCUT2D eigenvalue weighted by Crippen LogP contribution is -3.16. The molecule has 2 aromatic carbocycles. The first-order chi connectivity index (χ1) is 14.6. The number of nitrogens with one attached hydrogen (secondary N) is 3. The fourth-order valence-electron chi connectivity index (χ4n) is 3.96. The van der Waals surface area contributed by atoms with Crippen LogP contribution < -0.4 is 20.3 Å². The number of methoxy groups -OCH3 is 1. The van der Waals surface area contributed by atoms with Gasteiger partial charge in [-0.25, -0.2) is 0 Å². The van der Waals surface area contributed by atoms with Crippen LogP contribution in [0.15, 0.2) is 48.5 Å². The third-order valence-electron chi connectivity index (χ3n) is 5.81. The number of amides is 2. The quantitative estimate of drug-likeness (QED) is 0.586. The number of likely N-dealkylation sites (tertiary alicyclic amines) is 1. The van der Waals surface area contributed by atoms with Crippen LogP contribution in [0.2, 0.25) is 0 Å². The Kier molecular flexibility index (Phi) is 7.85. The molecule has 3 N–H and O–H groups in total. The molecule has 6 nitrogen and oxygen atoms in total. The average Bonchev–Trinajstić information content (AvgIpc) is 2.78. The Balaban J connectivity index is 1.54. The van der Waals surface area contributed by atoms with Gasteiger partial charge in [-0.15, -0.1) is 0 Å². The van der Waals surface area contributed by atoms with Gasteiger partial charge in [0.25, 0.3) is 11.8 Å². The molecule has 1 saturated heterocycles. The van der Waals surface area contributed by atoms with E-state index in [0.717, 1.165) is 13.0 Å². The molecule has 6 heteroatoms. The van der Waals surface area contributed by atoms with Crippen LogP contribution in [0.1, 0.15) is 53.3 Å². The summed E-state index contributed by atoms with van der Waals surface area (Å²) in [7, 11) is 1.58. The smallest absolute Gasteiger partial charge is 0.255 e. The van der Waals surface area contributed by atoms with Crippen LogP contribution in [0, 0.1) is 0 Å². The molecule has 1 unspecified atom stereocenters. The highest BCUT2D eigenvalue weighted by Crippen LogP contribution is 2.17. The highest BCUT2D eigenvalue weighted by molar-refractivity contribution is 6.09. The van der Waals surface area contributed by atoms with Gasteiger partial charge in [0, 0.05) is 18.5 Å². The van der Waals surface area contributed by atoms with Gasteiger partial charge in [0.1, 0.15) is 5.75 Å². The lowest BCUT2D eigenvalue weighted by Gasteiger charge is -2.30. The summed E-state index contributed by atoms with van der Waals surface area (Å²) in [6.07, 6.45) is 4.88. The van der Waals surface area contributed by atoms with Crippen LogP contribution in [0.25, 0.3) is 0 Å². The van der Waals surface area contributed by atoms with Crippen molar-refractivity contribution in [2.24, 2.45) is 0 Å². The van der Waals surface area contributed by atoms with Crippen molar-refractivity contribution in [1.29, 1.82) is 0 Å². The zero-order valence-electron chi connectivity index (χ0n) is 17.9. The first-order valence-electron chi connectivity index (χ1n) is 10.8. The lowest BCUT2D eigenvalue weighted by molar-refractivity contribution is -0.928. The summed E-state index contributed by atoms with van der Waals surface area (Å²) in [5.74, 6) is 0.259. The Morgan fingerprint density at radius 1 is 1.07 bits per heavy atom. The van der Waals surface area contributed by atoms with Gasteiger partial charge < -0.3 is 20.3 Å². The highest BCUT2D eigenvalue weighted by atomic mass is 16.5. The third-order valence-corrected chi connectivity index (χ3v) is 5.81. The van der Waals surface area contributed by atoms with Crippen molar-refractivity contribution in [3.05, 3.63) is 59.7 Å². The highest BCUT2D eigenvalue weighted by Gasteiger charge is 2.21.